The van der Waals surface area contributed by atoms with Crippen molar-refractivity contribution in [3.05, 3.63) is 29.8 Å². The lowest BCUT2D eigenvalue weighted by Crippen LogP contribution is -2.57. The molecule has 2 saturated heterocycles. The molecule has 132 valence electrons. The van der Waals surface area contributed by atoms with E-state index in [1.54, 1.807) is 4.90 Å². The van der Waals surface area contributed by atoms with E-state index in [0.29, 0.717) is 37.2 Å². The van der Waals surface area contributed by atoms with Gasteiger partial charge in [0.05, 0.1) is 24.0 Å². The van der Waals surface area contributed by atoms with Gasteiger partial charge in [0, 0.05) is 32.2 Å². The van der Waals surface area contributed by atoms with Crippen molar-refractivity contribution in [3.63, 3.8) is 0 Å². The maximum atomic E-state index is 13.8. The van der Waals surface area contributed by atoms with Gasteiger partial charge in [0.15, 0.2) is 0 Å². The molecule has 0 spiro atoms. The highest BCUT2D eigenvalue weighted by Gasteiger charge is 2.32. The third-order valence-electron chi connectivity index (χ3n) is 4.97. The van der Waals surface area contributed by atoms with E-state index in [-0.39, 0.29) is 23.4 Å². The number of nitrogens with zero attached hydrogens (tertiary/aromatic N) is 3. The van der Waals surface area contributed by atoms with Crippen molar-refractivity contribution in [1.82, 2.24) is 25.1 Å². The number of amides is 2. The van der Waals surface area contributed by atoms with Gasteiger partial charge in [-0.2, -0.15) is 0 Å². The van der Waals surface area contributed by atoms with Crippen molar-refractivity contribution in [2.45, 2.75) is 18.9 Å². The normalized spacial score (nSPS) is 21.8. The van der Waals surface area contributed by atoms with Gasteiger partial charge in [0.25, 0.3) is 5.91 Å². The Morgan fingerprint density at radius 2 is 2.20 bits per heavy atom. The van der Waals surface area contributed by atoms with Crippen LogP contribution in [0.2, 0.25) is 0 Å². The Balaban J connectivity index is 1.57. The van der Waals surface area contributed by atoms with Gasteiger partial charge in [-0.05, 0) is 25.0 Å². The van der Waals surface area contributed by atoms with Crippen molar-refractivity contribution in [2.75, 3.05) is 32.7 Å². The number of carbonyl (C=O) groups is 2. The topological polar surface area (TPSA) is 81.3 Å². The zero-order valence-corrected chi connectivity index (χ0v) is 13.8. The fourth-order valence-electron chi connectivity index (χ4n) is 3.75. The Labute approximate surface area is 144 Å². The first kappa shape index (κ1) is 16.0. The third kappa shape index (κ3) is 2.97. The number of aromatic nitrogens is 2. The quantitative estimate of drug-likeness (QED) is 0.841. The monoisotopic (exact) mass is 345 g/mol. The molecule has 3 heterocycles. The van der Waals surface area contributed by atoms with Crippen LogP contribution in [0, 0.1) is 5.82 Å². The van der Waals surface area contributed by atoms with Gasteiger partial charge >= 0.3 is 0 Å². The predicted molar refractivity (Wildman–Crippen MR) is 89.6 cm³/mol. The Kier molecular flexibility index (Phi) is 4.12. The maximum Gasteiger partial charge on any atom is 0.256 e. The number of H-pyrrole nitrogens is 1. The molecule has 2 aliphatic rings. The number of benzene rings is 1. The molecule has 2 aliphatic heterocycles. The molecule has 2 aromatic rings. The summed E-state index contributed by atoms with van der Waals surface area (Å²) >= 11 is 0. The molecule has 7 nitrogen and oxygen atoms in total. The summed E-state index contributed by atoms with van der Waals surface area (Å²) in [6, 6.07) is 2.60. The highest BCUT2D eigenvalue weighted by atomic mass is 19.1. The van der Waals surface area contributed by atoms with Crippen molar-refractivity contribution in [3.8, 4) is 0 Å². The van der Waals surface area contributed by atoms with E-state index in [1.165, 1.54) is 18.5 Å². The second-order valence-corrected chi connectivity index (χ2v) is 6.56. The van der Waals surface area contributed by atoms with Crippen LogP contribution in [0.15, 0.2) is 18.5 Å². The van der Waals surface area contributed by atoms with Crippen LogP contribution < -0.4 is 5.32 Å². The predicted octanol–water partition coefficient (Wildman–Crippen LogP) is 0.738. The SMILES string of the molecule is O=C(c1cc(F)cc2[nH]cnc12)N1CCCC(N2CCNCC2=O)C1. The number of likely N-dealkylation sites (tertiary alicyclic amines) is 1. The number of hydrogen-bond donors (Lipinski definition) is 2. The van der Waals surface area contributed by atoms with Gasteiger partial charge in [-0.15, -0.1) is 0 Å². The minimum absolute atomic E-state index is 0.0236. The summed E-state index contributed by atoms with van der Waals surface area (Å²) in [5.74, 6) is -0.624. The molecule has 4 rings (SSSR count). The number of aromatic amines is 1. The summed E-state index contributed by atoms with van der Waals surface area (Å²) in [5, 5.41) is 3.06. The largest absolute Gasteiger partial charge is 0.344 e. The minimum Gasteiger partial charge on any atom is -0.344 e. The van der Waals surface area contributed by atoms with Crippen LogP contribution in [-0.2, 0) is 4.79 Å². The van der Waals surface area contributed by atoms with Crippen LogP contribution in [0.1, 0.15) is 23.2 Å². The van der Waals surface area contributed by atoms with Crippen LogP contribution in [-0.4, -0.2) is 70.3 Å². The van der Waals surface area contributed by atoms with Gasteiger partial charge in [-0.1, -0.05) is 0 Å². The number of hydrogen-bond acceptors (Lipinski definition) is 4. The molecule has 0 bridgehead atoms. The van der Waals surface area contributed by atoms with Crippen molar-refractivity contribution in [1.29, 1.82) is 0 Å². The van der Waals surface area contributed by atoms with Crippen LogP contribution in [0.4, 0.5) is 4.39 Å². The second kappa shape index (κ2) is 6.44. The van der Waals surface area contributed by atoms with E-state index in [0.717, 1.165) is 19.4 Å². The van der Waals surface area contributed by atoms with Crippen molar-refractivity contribution < 1.29 is 14.0 Å². The van der Waals surface area contributed by atoms with E-state index < -0.39 is 5.82 Å². The molecule has 8 heteroatoms. The van der Waals surface area contributed by atoms with Gasteiger partial charge in [-0.25, -0.2) is 9.37 Å². The average molecular weight is 345 g/mol. The van der Waals surface area contributed by atoms with Crippen LogP contribution >= 0.6 is 0 Å². The summed E-state index contributed by atoms with van der Waals surface area (Å²) in [5.41, 5.74) is 1.25. The number of piperazine rings is 1. The average Bonchev–Trinajstić information content (AvgIpc) is 3.09. The lowest BCUT2D eigenvalue weighted by molar-refractivity contribution is -0.135. The molecule has 1 aromatic heterocycles. The number of halogens is 1. The lowest BCUT2D eigenvalue weighted by atomic mass is 10.0. The van der Waals surface area contributed by atoms with Crippen LogP contribution in [0.25, 0.3) is 11.0 Å². The van der Waals surface area contributed by atoms with Gasteiger partial charge in [0.1, 0.15) is 11.3 Å². The summed E-state index contributed by atoms with van der Waals surface area (Å²) in [6.45, 7) is 2.87. The van der Waals surface area contributed by atoms with E-state index in [4.69, 9.17) is 0 Å². The molecule has 1 atom stereocenters. The number of rotatable bonds is 2. The highest BCUT2D eigenvalue weighted by molar-refractivity contribution is 6.04. The van der Waals surface area contributed by atoms with E-state index in [2.05, 4.69) is 15.3 Å². The summed E-state index contributed by atoms with van der Waals surface area (Å²) < 4.78 is 13.8. The third-order valence-corrected chi connectivity index (χ3v) is 4.97. The number of piperidine rings is 1. The molecule has 1 aromatic carbocycles. The molecule has 2 fully saturated rings. The minimum atomic E-state index is -0.467. The van der Waals surface area contributed by atoms with Gasteiger partial charge in [0.2, 0.25) is 5.91 Å². The van der Waals surface area contributed by atoms with E-state index in [1.807, 2.05) is 4.90 Å². The number of fused-ring (bicyclic) bond motifs is 1. The molecule has 0 radical (unpaired) electrons. The maximum absolute atomic E-state index is 13.8. The summed E-state index contributed by atoms with van der Waals surface area (Å²) in [6.07, 6.45) is 3.17. The molecular formula is C17H20FN5O2. The first-order chi connectivity index (χ1) is 12.1. The van der Waals surface area contributed by atoms with Crippen LogP contribution in [0.3, 0.4) is 0 Å². The van der Waals surface area contributed by atoms with E-state index in [9.17, 15) is 14.0 Å². The van der Waals surface area contributed by atoms with Gasteiger partial charge < -0.3 is 20.1 Å². The highest BCUT2D eigenvalue weighted by Crippen LogP contribution is 2.23. The van der Waals surface area contributed by atoms with Gasteiger partial charge in [-0.3, -0.25) is 9.59 Å². The summed E-state index contributed by atoms with van der Waals surface area (Å²) in [4.78, 5) is 35.7. The molecule has 2 N–H and O–H groups in total. The standard InChI is InChI=1S/C17H20FN5O2/c18-11-6-13(16-14(7-11)20-10-21-16)17(25)22-4-1-2-12(9-22)23-5-3-19-8-15(23)24/h6-7,10,12,19H,1-5,8-9H2,(H,20,21). The summed E-state index contributed by atoms with van der Waals surface area (Å²) in [7, 11) is 0. The molecule has 0 aliphatic carbocycles. The molecule has 0 saturated carbocycles. The smallest absolute Gasteiger partial charge is 0.256 e. The lowest BCUT2D eigenvalue weighted by Gasteiger charge is -2.41. The Bertz CT molecular complexity index is 820. The first-order valence-corrected chi connectivity index (χ1v) is 8.55. The fourth-order valence-corrected chi connectivity index (χ4v) is 3.75. The Morgan fingerprint density at radius 3 is 3.04 bits per heavy atom. The van der Waals surface area contributed by atoms with E-state index >= 15 is 0 Å². The van der Waals surface area contributed by atoms with Crippen molar-refractivity contribution >= 4 is 22.8 Å². The number of carbonyl (C=O) groups excluding carboxylic acids is 2. The molecular weight excluding hydrogens is 325 g/mol. The van der Waals surface area contributed by atoms with Crippen molar-refractivity contribution in [2.24, 2.45) is 0 Å². The molecule has 25 heavy (non-hydrogen) atoms. The zero-order valence-electron chi connectivity index (χ0n) is 13.8. The number of nitrogens with one attached hydrogen (secondary N) is 2. The first-order valence-electron chi connectivity index (χ1n) is 8.55. The fraction of sp³-hybridized carbons (Fsp3) is 0.471. The Hall–Kier alpha value is -2.48. The Morgan fingerprint density at radius 1 is 1.32 bits per heavy atom. The number of imidazole rings is 1. The second-order valence-electron chi connectivity index (χ2n) is 6.56. The molecule has 2 amide bonds. The zero-order chi connectivity index (χ0) is 17.4. The molecule has 1 unspecified atom stereocenters. The van der Waals surface area contributed by atoms with Crippen LogP contribution in [0.5, 0.6) is 0 Å².